The number of carboxylic acid groups (broad SMARTS) is 1. The number of aromatic nitrogens is 1. The zero-order valence-electron chi connectivity index (χ0n) is 15.5. The predicted molar refractivity (Wildman–Crippen MR) is 98.7 cm³/mol. The Morgan fingerprint density at radius 3 is 3.04 bits per heavy atom. The highest BCUT2D eigenvalue weighted by Gasteiger charge is 2.27. The standard InChI is InChI=1S/C19H24FN3O4/c1-3-7-23-8-6-12(11-23)10-21-18-16(19(24)25)17(27-22-18)13-4-5-14(20)15(9-13)26-2/h4-5,9,12H,3,6-8,10-11H2,1-2H3,(H,21,22)(H,24,25). The largest absolute Gasteiger partial charge is 0.494 e. The monoisotopic (exact) mass is 377 g/mol. The number of carbonyl (C=O) groups is 1. The Morgan fingerprint density at radius 2 is 2.33 bits per heavy atom. The summed E-state index contributed by atoms with van der Waals surface area (Å²) in [4.78, 5) is 14.2. The quantitative estimate of drug-likeness (QED) is 0.729. The smallest absolute Gasteiger partial charge is 0.343 e. The number of nitrogens with zero attached hydrogens (tertiary/aromatic N) is 2. The molecular formula is C19H24FN3O4. The molecule has 1 fully saturated rings. The lowest BCUT2D eigenvalue weighted by molar-refractivity contribution is 0.0698. The molecule has 2 N–H and O–H groups in total. The van der Waals surface area contributed by atoms with Crippen LogP contribution in [-0.2, 0) is 0 Å². The molecule has 8 heteroatoms. The molecule has 1 aliphatic heterocycles. The van der Waals surface area contributed by atoms with E-state index in [9.17, 15) is 14.3 Å². The average molecular weight is 377 g/mol. The van der Waals surface area contributed by atoms with E-state index in [4.69, 9.17) is 9.26 Å². The Morgan fingerprint density at radius 1 is 1.52 bits per heavy atom. The number of benzene rings is 1. The highest BCUT2D eigenvalue weighted by molar-refractivity contribution is 5.99. The Labute approximate surface area is 157 Å². The number of methoxy groups -OCH3 is 1. The van der Waals surface area contributed by atoms with Crippen molar-refractivity contribution in [3.63, 3.8) is 0 Å². The second-order valence-corrected chi connectivity index (χ2v) is 6.73. The summed E-state index contributed by atoms with van der Waals surface area (Å²) in [6, 6.07) is 4.04. The van der Waals surface area contributed by atoms with Crippen molar-refractivity contribution in [2.24, 2.45) is 5.92 Å². The third-order valence-electron chi connectivity index (χ3n) is 4.79. The van der Waals surface area contributed by atoms with Crippen molar-refractivity contribution in [1.82, 2.24) is 10.1 Å². The van der Waals surface area contributed by atoms with Crippen LogP contribution in [0, 0.1) is 11.7 Å². The molecule has 1 aliphatic rings. The van der Waals surface area contributed by atoms with Gasteiger partial charge in [-0.2, -0.15) is 0 Å². The molecule has 1 atom stereocenters. The summed E-state index contributed by atoms with van der Waals surface area (Å²) in [5.74, 6) is -0.983. The lowest BCUT2D eigenvalue weighted by Crippen LogP contribution is -2.24. The molecule has 1 aromatic carbocycles. The maximum absolute atomic E-state index is 13.6. The molecule has 1 saturated heterocycles. The lowest BCUT2D eigenvalue weighted by Gasteiger charge is -2.14. The molecule has 0 aliphatic carbocycles. The van der Waals surface area contributed by atoms with Gasteiger partial charge in [0.2, 0.25) is 0 Å². The highest BCUT2D eigenvalue weighted by Crippen LogP contribution is 2.32. The maximum atomic E-state index is 13.6. The third-order valence-corrected chi connectivity index (χ3v) is 4.79. The number of hydrogen-bond acceptors (Lipinski definition) is 6. The van der Waals surface area contributed by atoms with E-state index in [1.165, 1.54) is 25.3 Å². The molecule has 0 radical (unpaired) electrons. The van der Waals surface area contributed by atoms with E-state index in [1.54, 1.807) is 0 Å². The number of ether oxygens (including phenoxy) is 1. The van der Waals surface area contributed by atoms with Gasteiger partial charge in [-0.05, 0) is 50.0 Å². The van der Waals surface area contributed by atoms with Gasteiger partial charge in [-0.15, -0.1) is 0 Å². The number of carboxylic acids is 1. The Hall–Kier alpha value is -2.61. The van der Waals surface area contributed by atoms with E-state index >= 15 is 0 Å². The summed E-state index contributed by atoms with van der Waals surface area (Å²) in [5, 5.41) is 16.6. The fourth-order valence-corrected chi connectivity index (χ4v) is 3.45. The molecule has 1 unspecified atom stereocenters. The van der Waals surface area contributed by atoms with Crippen LogP contribution < -0.4 is 10.1 Å². The van der Waals surface area contributed by atoms with Gasteiger partial charge in [0.25, 0.3) is 0 Å². The van der Waals surface area contributed by atoms with Crippen molar-refractivity contribution in [1.29, 1.82) is 0 Å². The molecule has 2 heterocycles. The Bertz CT molecular complexity index is 808. The third kappa shape index (κ3) is 4.21. The van der Waals surface area contributed by atoms with Crippen LogP contribution in [-0.4, -0.2) is 54.4 Å². The van der Waals surface area contributed by atoms with Gasteiger partial charge in [-0.3, -0.25) is 0 Å². The number of hydrogen-bond donors (Lipinski definition) is 2. The number of rotatable bonds is 8. The number of anilines is 1. The van der Waals surface area contributed by atoms with Crippen LogP contribution in [0.1, 0.15) is 30.1 Å². The van der Waals surface area contributed by atoms with Crippen molar-refractivity contribution >= 4 is 11.8 Å². The summed E-state index contributed by atoms with van der Waals surface area (Å²) >= 11 is 0. The van der Waals surface area contributed by atoms with Crippen LogP contribution in [0.4, 0.5) is 10.2 Å². The van der Waals surface area contributed by atoms with Gasteiger partial charge in [0, 0.05) is 18.7 Å². The van der Waals surface area contributed by atoms with Crippen molar-refractivity contribution < 1.29 is 23.6 Å². The van der Waals surface area contributed by atoms with Crippen LogP contribution in [0.5, 0.6) is 5.75 Å². The summed E-state index contributed by atoms with van der Waals surface area (Å²) in [7, 11) is 1.34. The zero-order valence-corrected chi connectivity index (χ0v) is 15.5. The summed E-state index contributed by atoms with van der Waals surface area (Å²) in [5.41, 5.74) is 0.327. The minimum Gasteiger partial charge on any atom is -0.494 e. The lowest BCUT2D eigenvalue weighted by atomic mass is 10.1. The summed E-state index contributed by atoms with van der Waals surface area (Å²) < 4.78 is 23.9. The Balaban J connectivity index is 1.77. The first kappa shape index (κ1) is 19.2. The molecule has 0 amide bonds. The van der Waals surface area contributed by atoms with Crippen LogP contribution in [0.15, 0.2) is 22.7 Å². The molecule has 0 saturated carbocycles. The van der Waals surface area contributed by atoms with Crippen LogP contribution in [0.2, 0.25) is 0 Å². The molecule has 0 bridgehead atoms. The molecule has 146 valence electrons. The Kier molecular flexibility index (Phi) is 5.95. The fourth-order valence-electron chi connectivity index (χ4n) is 3.45. The topological polar surface area (TPSA) is 87.8 Å². The minimum atomic E-state index is -1.16. The second kappa shape index (κ2) is 8.39. The molecule has 3 rings (SSSR count). The van der Waals surface area contributed by atoms with E-state index in [-0.39, 0.29) is 22.9 Å². The normalized spacial score (nSPS) is 17.2. The molecule has 7 nitrogen and oxygen atoms in total. The first-order valence-electron chi connectivity index (χ1n) is 9.06. The van der Waals surface area contributed by atoms with Crippen LogP contribution in [0.25, 0.3) is 11.3 Å². The van der Waals surface area contributed by atoms with E-state index in [0.29, 0.717) is 18.0 Å². The van der Waals surface area contributed by atoms with E-state index < -0.39 is 11.8 Å². The second-order valence-electron chi connectivity index (χ2n) is 6.73. The van der Waals surface area contributed by atoms with Crippen molar-refractivity contribution in [2.75, 3.05) is 38.6 Å². The first-order valence-corrected chi connectivity index (χ1v) is 9.06. The minimum absolute atomic E-state index is 0.0109. The number of nitrogens with one attached hydrogen (secondary N) is 1. The molecule has 1 aromatic heterocycles. The number of likely N-dealkylation sites (tertiary alicyclic amines) is 1. The van der Waals surface area contributed by atoms with Gasteiger partial charge in [0.1, 0.15) is 0 Å². The van der Waals surface area contributed by atoms with Crippen molar-refractivity contribution in [3.8, 4) is 17.1 Å². The summed E-state index contributed by atoms with van der Waals surface area (Å²) in [6.45, 7) is 5.91. The van der Waals surface area contributed by atoms with Crippen LogP contribution >= 0.6 is 0 Å². The van der Waals surface area contributed by atoms with E-state index in [2.05, 4.69) is 22.3 Å². The molecular weight excluding hydrogens is 353 g/mol. The van der Waals surface area contributed by atoms with Crippen molar-refractivity contribution in [3.05, 3.63) is 29.6 Å². The maximum Gasteiger partial charge on any atom is 0.343 e. The summed E-state index contributed by atoms with van der Waals surface area (Å²) in [6.07, 6.45) is 2.19. The van der Waals surface area contributed by atoms with E-state index in [0.717, 1.165) is 32.5 Å². The SMILES string of the molecule is CCCN1CCC(CNc2noc(-c3ccc(F)c(OC)c3)c2C(=O)O)C1. The predicted octanol–water partition coefficient (Wildman–Crippen LogP) is 3.33. The van der Waals surface area contributed by atoms with Crippen LogP contribution in [0.3, 0.4) is 0 Å². The van der Waals surface area contributed by atoms with Gasteiger partial charge in [-0.1, -0.05) is 12.1 Å². The van der Waals surface area contributed by atoms with Gasteiger partial charge in [-0.25, -0.2) is 9.18 Å². The van der Waals surface area contributed by atoms with Gasteiger partial charge in [0.05, 0.1) is 7.11 Å². The highest BCUT2D eigenvalue weighted by atomic mass is 19.1. The zero-order chi connectivity index (χ0) is 19.4. The average Bonchev–Trinajstić information content (AvgIpc) is 3.27. The van der Waals surface area contributed by atoms with Gasteiger partial charge in [0.15, 0.2) is 28.7 Å². The molecule has 27 heavy (non-hydrogen) atoms. The number of halogens is 1. The first-order chi connectivity index (χ1) is 13.0. The fraction of sp³-hybridized carbons (Fsp3) is 0.474. The van der Waals surface area contributed by atoms with E-state index in [1.807, 2.05) is 0 Å². The molecule has 2 aromatic rings. The molecule has 0 spiro atoms. The number of aromatic carboxylic acids is 1. The van der Waals surface area contributed by atoms with Gasteiger partial charge >= 0.3 is 5.97 Å². The van der Waals surface area contributed by atoms with Crippen molar-refractivity contribution in [2.45, 2.75) is 19.8 Å². The van der Waals surface area contributed by atoms with Gasteiger partial charge < -0.3 is 24.6 Å².